The van der Waals surface area contributed by atoms with Crippen molar-refractivity contribution in [1.29, 1.82) is 0 Å². The second-order valence-corrected chi connectivity index (χ2v) is 3.18. The van der Waals surface area contributed by atoms with Gasteiger partial charge in [-0.1, -0.05) is 6.92 Å². The maximum atomic E-state index is 10.5. The molecule has 0 aromatic heterocycles. The first-order chi connectivity index (χ1) is 6.11. The number of aliphatic hydroxyl groups is 2. The topological polar surface area (TPSA) is 76.0 Å². The van der Waals surface area contributed by atoms with Gasteiger partial charge in [0, 0.05) is 13.0 Å². The van der Waals surface area contributed by atoms with Crippen molar-refractivity contribution in [3.63, 3.8) is 0 Å². The van der Waals surface area contributed by atoms with Gasteiger partial charge in [0.05, 0.1) is 6.10 Å². The summed E-state index contributed by atoms with van der Waals surface area (Å²) in [5.74, 6) is -0.418. The van der Waals surface area contributed by atoms with Gasteiger partial charge in [-0.25, -0.2) is 0 Å². The quantitative estimate of drug-likeness (QED) is 0.541. The van der Waals surface area contributed by atoms with Crippen LogP contribution in [0.25, 0.3) is 0 Å². The Morgan fingerprint density at radius 3 is 2.46 bits per heavy atom. The van der Waals surface area contributed by atoms with Gasteiger partial charge in [0.25, 0.3) is 0 Å². The van der Waals surface area contributed by atoms with Crippen LogP contribution in [-0.4, -0.2) is 48.2 Å². The number of aliphatic hydroxyl groups excluding tert-OH is 2. The highest BCUT2D eigenvalue weighted by Gasteiger charge is 2.42. The third-order valence-electron chi connectivity index (χ3n) is 2.34. The van der Waals surface area contributed by atoms with Crippen molar-refractivity contribution in [2.24, 2.45) is 5.92 Å². The summed E-state index contributed by atoms with van der Waals surface area (Å²) in [6, 6.07) is 0. The second-order valence-electron chi connectivity index (χ2n) is 3.18. The van der Waals surface area contributed by atoms with E-state index >= 15 is 0 Å². The fourth-order valence-electron chi connectivity index (χ4n) is 1.38. The first-order valence-corrected chi connectivity index (χ1v) is 4.11. The zero-order valence-electron chi connectivity index (χ0n) is 7.58. The fraction of sp³-hybridized carbons (Fsp3) is 0.875. The van der Waals surface area contributed by atoms with Crippen LogP contribution in [0.2, 0.25) is 0 Å². The molecule has 5 heteroatoms. The van der Waals surface area contributed by atoms with E-state index in [1.165, 1.54) is 7.11 Å². The summed E-state index contributed by atoms with van der Waals surface area (Å²) in [6.45, 7) is 1.64. The average Bonchev–Trinajstić information content (AvgIpc) is 2.15. The molecular weight excluding hydrogens is 176 g/mol. The van der Waals surface area contributed by atoms with Crippen LogP contribution < -0.4 is 0 Å². The molecule has 1 fully saturated rings. The molecule has 1 aliphatic heterocycles. The number of carbonyl (C=O) groups excluding carboxylic acids is 1. The molecule has 2 N–H and O–H groups in total. The Morgan fingerprint density at radius 1 is 1.38 bits per heavy atom. The lowest BCUT2D eigenvalue weighted by Crippen LogP contribution is -2.54. The molecule has 0 saturated carbocycles. The molecular formula is C8H14O5. The van der Waals surface area contributed by atoms with Gasteiger partial charge in [0.15, 0.2) is 6.29 Å². The Labute approximate surface area is 76.3 Å². The molecule has 2 unspecified atom stereocenters. The first-order valence-electron chi connectivity index (χ1n) is 4.11. The highest BCUT2D eigenvalue weighted by Crippen LogP contribution is 2.24. The van der Waals surface area contributed by atoms with Gasteiger partial charge < -0.3 is 24.5 Å². The predicted molar refractivity (Wildman–Crippen MR) is 42.9 cm³/mol. The summed E-state index contributed by atoms with van der Waals surface area (Å²) in [5.41, 5.74) is 0. The number of carbonyl (C=O) groups is 1. The molecule has 0 aromatic carbocycles. The molecule has 0 spiro atoms. The van der Waals surface area contributed by atoms with E-state index in [-0.39, 0.29) is 0 Å². The largest absolute Gasteiger partial charge is 0.390 e. The maximum absolute atomic E-state index is 10.5. The van der Waals surface area contributed by atoms with E-state index in [4.69, 9.17) is 9.47 Å². The van der Waals surface area contributed by atoms with E-state index in [1.54, 1.807) is 6.92 Å². The van der Waals surface area contributed by atoms with Crippen molar-refractivity contribution >= 4 is 6.29 Å². The summed E-state index contributed by atoms with van der Waals surface area (Å²) >= 11 is 0. The Hall–Kier alpha value is -0.490. The van der Waals surface area contributed by atoms with E-state index in [0.29, 0.717) is 6.29 Å². The lowest BCUT2D eigenvalue weighted by molar-refractivity contribution is -0.267. The van der Waals surface area contributed by atoms with Gasteiger partial charge in [0.1, 0.15) is 18.5 Å². The third kappa shape index (κ3) is 1.88. The lowest BCUT2D eigenvalue weighted by Gasteiger charge is -2.38. The summed E-state index contributed by atoms with van der Waals surface area (Å²) in [4.78, 5) is 10.5. The second kappa shape index (κ2) is 4.15. The number of hydrogen-bond donors (Lipinski definition) is 2. The Kier molecular flexibility index (Phi) is 3.38. The molecule has 1 heterocycles. The van der Waals surface area contributed by atoms with Crippen LogP contribution in [0.4, 0.5) is 0 Å². The minimum atomic E-state index is -1.10. The van der Waals surface area contributed by atoms with Gasteiger partial charge in [-0.15, -0.1) is 0 Å². The van der Waals surface area contributed by atoms with Crippen molar-refractivity contribution in [1.82, 2.24) is 0 Å². The molecule has 5 nitrogen and oxygen atoms in total. The highest BCUT2D eigenvalue weighted by molar-refractivity contribution is 5.57. The van der Waals surface area contributed by atoms with Crippen LogP contribution in [0, 0.1) is 5.92 Å². The zero-order valence-corrected chi connectivity index (χ0v) is 7.58. The van der Waals surface area contributed by atoms with Crippen molar-refractivity contribution in [3.05, 3.63) is 0 Å². The monoisotopic (exact) mass is 190 g/mol. The minimum absolute atomic E-state index is 0.418. The van der Waals surface area contributed by atoms with Gasteiger partial charge in [-0.05, 0) is 0 Å². The summed E-state index contributed by atoms with van der Waals surface area (Å²) in [5, 5.41) is 18.9. The van der Waals surface area contributed by atoms with Gasteiger partial charge in [-0.2, -0.15) is 0 Å². The van der Waals surface area contributed by atoms with E-state index in [9.17, 15) is 15.0 Å². The maximum Gasteiger partial charge on any atom is 0.186 e. The number of ether oxygens (including phenoxy) is 2. The van der Waals surface area contributed by atoms with Crippen molar-refractivity contribution in [2.75, 3.05) is 7.11 Å². The SMILES string of the molecule is CO[C@@H]1OC(C=O)[C@@H](C)[C@H](O)C1O. The fourth-order valence-corrected chi connectivity index (χ4v) is 1.38. The van der Waals surface area contributed by atoms with Crippen molar-refractivity contribution in [2.45, 2.75) is 31.5 Å². The zero-order chi connectivity index (χ0) is 10.0. The molecule has 0 aromatic rings. The highest BCUT2D eigenvalue weighted by atomic mass is 16.7. The molecule has 0 amide bonds. The predicted octanol–water partition coefficient (Wildman–Crippen LogP) is -1.09. The standard InChI is InChI=1S/C8H14O5/c1-4-5(3-9)13-8(12-2)7(11)6(4)10/h3-8,10-11H,1-2H3/t4-,5?,6+,7?,8-/m1/s1. The Morgan fingerprint density at radius 2 is 2.00 bits per heavy atom. The van der Waals surface area contributed by atoms with Crippen LogP contribution in [-0.2, 0) is 14.3 Å². The number of hydrogen-bond acceptors (Lipinski definition) is 5. The normalized spacial score (nSPS) is 46.0. The van der Waals surface area contributed by atoms with E-state index in [1.807, 2.05) is 0 Å². The molecule has 1 saturated heterocycles. The smallest absolute Gasteiger partial charge is 0.186 e. The van der Waals surface area contributed by atoms with Crippen LogP contribution in [0.15, 0.2) is 0 Å². The van der Waals surface area contributed by atoms with Crippen LogP contribution in [0.1, 0.15) is 6.92 Å². The van der Waals surface area contributed by atoms with Gasteiger partial charge >= 0.3 is 0 Å². The summed E-state index contributed by atoms with van der Waals surface area (Å²) in [6.07, 6.45) is -3.14. The molecule has 0 bridgehead atoms. The molecule has 76 valence electrons. The molecule has 5 atom stereocenters. The van der Waals surface area contributed by atoms with Crippen molar-refractivity contribution < 1.29 is 24.5 Å². The first kappa shape index (κ1) is 10.6. The van der Waals surface area contributed by atoms with Crippen LogP contribution >= 0.6 is 0 Å². The van der Waals surface area contributed by atoms with Crippen LogP contribution in [0.3, 0.4) is 0 Å². The number of rotatable bonds is 2. The van der Waals surface area contributed by atoms with E-state index < -0.39 is 30.5 Å². The third-order valence-corrected chi connectivity index (χ3v) is 2.34. The minimum Gasteiger partial charge on any atom is -0.390 e. The molecule has 1 aliphatic rings. The lowest BCUT2D eigenvalue weighted by atomic mass is 9.91. The average molecular weight is 190 g/mol. The van der Waals surface area contributed by atoms with Gasteiger partial charge in [0.2, 0.25) is 0 Å². The molecule has 13 heavy (non-hydrogen) atoms. The number of aldehydes is 1. The Balaban J connectivity index is 2.71. The van der Waals surface area contributed by atoms with E-state index in [0.717, 1.165) is 0 Å². The number of methoxy groups -OCH3 is 1. The van der Waals surface area contributed by atoms with Crippen molar-refractivity contribution in [3.8, 4) is 0 Å². The molecule has 1 rings (SSSR count). The van der Waals surface area contributed by atoms with Crippen LogP contribution in [0.5, 0.6) is 0 Å². The van der Waals surface area contributed by atoms with Gasteiger partial charge in [-0.3, -0.25) is 0 Å². The molecule has 0 radical (unpaired) electrons. The summed E-state index contributed by atoms with van der Waals surface area (Å²) < 4.78 is 9.84. The molecule has 0 aliphatic carbocycles. The Bertz CT molecular complexity index is 181. The van der Waals surface area contributed by atoms with E-state index in [2.05, 4.69) is 0 Å². The summed E-state index contributed by atoms with van der Waals surface area (Å²) in [7, 11) is 1.35.